The van der Waals surface area contributed by atoms with Crippen LogP contribution in [0.15, 0.2) is 48.5 Å². The molecule has 0 aromatic heterocycles. The molecule has 2 amide bonds. The number of aryl methyl sites for hydroxylation is 1. The second-order valence-corrected chi connectivity index (χ2v) is 7.48. The van der Waals surface area contributed by atoms with Gasteiger partial charge in [0.25, 0.3) is 5.24 Å². The van der Waals surface area contributed by atoms with E-state index in [9.17, 15) is 9.59 Å². The van der Waals surface area contributed by atoms with Gasteiger partial charge in [-0.05, 0) is 42.2 Å². The van der Waals surface area contributed by atoms with Crippen molar-refractivity contribution in [3.8, 4) is 5.75 Å². The molecule has 130 valence electrons. The van der Waals surface area contributed by atoms with E-state index in [0.717, 1.165) is 23.1 Å². The van der Waals surface area contributed by atoms with Gasteiger partial charge in [0, 0.05) is 5.92 Å². The van der Waals surface area contributed by atoms with Gasteiger partial charge in [-0.25, -0.2) is 0 Å². The molecule has 2 aromatic rings. The van der Waals surface area contributed by atoms with Gasteiger partial charge in [0.2, 0.25) is 5.91 Å². The average Bonchev–Trinajstić information content (AvgIpc) is 2.91. The fourth-order valence-corrected chi connectivity index (χ4v) is 3.77. The van der Waals surface area contributed by atoms with Crippen molar-refractivity contribution in [2.45, 2.75) is 31.4 Å². The summed E-state index contributed by atoms with van der Waals surface area (Å²) in [6.07, 6.45) is 0.544. The van der Waals surface area contributed by atoms with Crippen LogP contribution < -0.4 is 10.1 Å². The summed E-state index contributed by atoms with van der Waals surface area (Å²) in [6.45, 7) is 4.88. The molecule has 2 aromatic carbocycles. The van der Waals surface area contributed by atoms with Crippen molar-refractivity contribution >= 4 is 22.9 Å². The highest BCUT2D eigenvalue weighted by atomic mass is 32.2. The van der Waals surface area contributed by atoms with Gasteiger partial charge in [0.05, 0.1) is 11.9 Å². The fraction of sp³-hybridized carbons (Fsp3) is 0.300. The first-order valence-electron chi connectivity index (χ1n) is 8.31. The summed E-state index contributed by atoms with van der Waals surface area (Å²) in [4.78, 5) is 22.8. The maximum Gasteiger partial charge on any atom is 0.286 e. The molecule has 1 heterocycles. The van der Waals surface area contributed by atoms with Gasteiger partial charge in [0.1, 0.15) is 5.75 Å². The summed E-state index contributed by atoms with van der Waals surface area (Å²) < 4.78 is 5.90. The number of benzene rings is 2. The van der Waals surface area contributed by atoms with Crippen molar-refractivity contribution in [1.82, 2.24) is 5.32 Å². The molecule has 0 aliphatic carbocycles. The molecule has 0 radical (unpaired) electrons. The predicted octanol–water partition coefficient (Wildman–Crippen LogP) is 4.07. The van der Waals surface area contributed by atoms with E-state index < -0.39 is 0 Å². The predicted molar refractivity (Wildman–Crippen MR) is 100 cm³/mol. The number of hydrogen-bond donors (Lipinski definition) is 1. The standard InChI is InChI=1S/C20H21NO3S/c1-13-5-3-4-6-17(13)14(2)12-24-16-9-7-15(8-10-16)11-18-19(22)21-20(23)25-18/h3-10,14,18H,11-12H2,1-2H3,(H,21,22,23). The van der Waals surface area contributed by atoms with Gasteiger partial charge < -0.3 is 4.74 Å². The van der Waals surface area contributed by atoms with E-state index in [2.05, 4.69) is 37.4 Å². The Morgan fingerprint density at radius 3 is 2.48 bits per heavy atom. The van der Waals surface area contributed by atoms with Gasteiger partial charge in [-0.3, -0.25) is 14.9 Å². The van der Waals surface area contributed by atoms with Gasteiger partial charge in [-0.1, -0.05) is 55.1 Å². The highest BCUT2D eigenvalue weighted by Crippen LogP contribution is 2.25. The molecule has 2 atom stereocenters. The maximum atomic E-state index is 11.6. The molecule has 1 aliphatic heterocycles. The average molecular weight is 355 g/mol. The minimum atomic E-state index is -0.333. The number of hydrogen-bond acceptors (Lipinski definition) is 4. The van der Waals surface area contributed by atoms with E-state index in [4.69, 9.17) is 4.74 Å². The lowest BCUT2D eigenvalue weighted by Gasteiger charge is -2.16. The summed E-state index contributed by atoms with van der Waals surface area (Å²) in [7, 11) is 0. The van der Waals surface area contributed by atoms with Crippen LogP contribution in [0.2, 0.25) is 0 Å². The van der Waals surface area contributed by atoms with Crippen molar-refractivity contribution in [2.75, 3.05) is 6.61 Å². The van der Waals surface area contributed by atoms with E-state index in [0.29, 0.717) is 18.9 Å². The molecule has 0 spiro atoms. The third kappa shape index (κ3) is 4.42. The number of nitrogens with one attached hydrogen (secondary N) is 1. The summed E-state index contributed by atoms with van der Waals surface area (Å²) in [5.74, 6) is 0.914. The molecule has 4 nitrogen and oxygen atoms in total. The summed E-state index contributed by atoms with van der Waals surface area (Å²) >= 11 is 1.05. The number of rotatable bonds is 6. The third-order valence-corrected chi connectivity index (χ3v) is 5.31. The van der Waals surface area contributed by atoms with Crippen LogP contribution in [0, 0.1) is 6.92 Å². The smallest absolute Gasteiger partial charge is 0.286 e. The third-order valence-electron chi connectivity index (χ3n) is 4.33. The van der Waals surface area contributed by atoms with Crippen LogP contribution in [0.4, 0.5) is 4.79 Å². The Labute approximate surface area is 152 Å². The maximum absolute atomic E-state index is 11.6. The highest BCUT2D eigenvalue weighted by Gasteiger charge is 2.31. The van der Waals surface area contributed by atoms with Crippen molar-refractivity contribution in [2.24, 2.45) is 0 Å². The van der Waals surface area contributed by atoms with Crippen LogP contribution in [-0.2, 0) is 11.2 Å². The lowest BCUT2D eigenvalue weighted by molar-refractivity contribution is -0.118. The van der Waals surface area contributed by atoms with Gasteiger partial charge >= 0.3 is 0 Å². The monoisotopic (exact) mass is 355 g/mol. The lowest BCUT2D eigenvalue weighted by Crippen LogP contribution is -2.25. The quantitative estimate of drug-likeness (QED) is 0.849. The molecule has 0 saturated carbocycles. The lowest BCUT2D eigenvalue weighted by atomic mass is 9.97. The molecule has 1 aliphatic rings. The van der Waals surface area contributed by atoms with Crippen LogP contribution in [-0.4, -0.2) is 23.0 Å². The van der Waals surface area contributed by atoms with Crippen LogP contribution in [0.5, 0.6) is 5.75 Å². The molecule has 1 saturated heterocycles. The normalized spacial score (nSPS) is 18.1. The van der Waals surface area contributed by atoms with Gasteiger partial charge in [-0.2, -0.15) is 0 Å². The zero-order valence-corrected chi connectivity index (χ0v) is 15.1. The van der Waals surface area contributed by atoms with Crippen molar-refractivity contribution in [3.63, 3.8) is 0 Å². The first-order valence-corrected chi connectivity index (χ1v) is 9.19. The fourth-order valence-electron chi connectivity index (χ4n) is 2.91. The Bertz CT molecular complexity index is 773. The van der Waals surface area contributed by atoms with Crippen LogP contribution in [0.25, 0.3) is 0 Å². The molecular weight excluding hydrogens is 334 g/mol. The molecule has 1 N–H and O–H groups in total. The minimum absolute atomic E-state index is 0.206. The number of ether oxygens (including phenoxy) is 1. The van der Waals surface area contributed by atoms with Crippen molar-refractivity contribution in [1.29, 1.82) is 0 Å². The van der Waals surface area contributed by atoms with E-state index >= 15 is 0 Å². The van der Waals surface area contributed by atoms with E-state index in [1.54, 1.807) is 0 Å². The SMILES string of the molecule is Cc1ccccc1C(C)COc1ccc(CC2SC(=O)NC2=O)cc1. The molecule has 5 heteroatoms. The van der Waals surface area contributed by atoms with Gasteiger partial charge in [0.15, 0.2) is 0 Å². The zero-order valence-electron chi connectivity index (χ0n) is 14.3. The summed E-state index contributed by atoms with van der Waals surface area (Å²) in [5.41, 5.74) is 3.59. The number of carbonyl (C=O) groups excluding carboxylic acids is 2. The molecule has 3 rings (SSSR count). The van der Waals surface area contributed by atoms with Crippen LogP contribution in [0.1, 0.15) is 29.5 Å². The number of imide groups is 1. The molecule has 2 unspecified atom stereocenters. The Balaban J connectivity index is 1.55. The van der Waals surface area contributed by atoms with E-state index in [-0.39, 0.29) is 16.4 Å². The first-order chi connectivity index (χ1) is 12.0. The molecule has 0 bridgehead atoms. The second-order valence-electron chi connectivity index (χ2n) is 6.30. The molecular formula is C20H21NO3S. The topological polar surface area (TPSA) is 55.4 Å². The number of carbonyl (C=O) groups is 2. The largest absolute Gasteiger partial charge is 0.493 e. The Morgan fingerprint density at radius 1 is 1.12 bits per heavy atom. The number of amides is 2. The first kappa shape index (κ1) is 17.5. The Kier molecular flexibility index (Phi) is 5.43. The Morgan fingerprint density at radius 2 is 1.84 bits per heavy atom. The van der Waals surface area contributed by atoms with Crippen molar-refractivity contribution in [3.05, 3.63) is 65.2 Å². The Hall–Kier alpha value is -2.27. The van der Waals surface area contributed by atoms with E-state index in [1.165, 1.54) is 11.1 Å². The molecule has 25 heavy (non-hydrogen) atoms. The second kappa shape index (κ2) is 7.74. The highest BCUT2D eigenvalue weighted by molar-refractivity contribution is 8.15. The van der Waals surface area contributed by atoms with E-state index in [1.807, 2.05) is 30.3 Å². The minimum Gasteiger partial charge on any atom is -0.493 e. The van der Waals surface area contributed by atoms with Crippen LogP contribution in [0.3, 0.4) is 0 Å². The summed E-state index contributed by atoms with van der Waals surface area (Å²) in [6, 6.07) is 16.1. The number of thioether (sulfide) groups is 1. The van der Waals surface area contributed by atoms with Crippen LogP contribution >= 0.6 is 11.8 Å². The van der Waals surface area contributed by atoms with Crippen molar-refractivity contribution < 1.29 is 14.3 Å². The molecule has 1 fully saturated rings. The summed E-state index contributed by atoms with van der Waals surface area (Å²) in [5, 5.41) is 1.71. The van der Waals surface area contributed by atoms with Gasteiger partial charge in [-0.15, -0.1) is 0 Å². The zero-order chi connectivity index (χ0) is 17.8.